The van der Waals surface area contributed by atoms with Gasteiger partial charge in [-0.25, -0.2) is 0 Å². The Balaban J connectivity index is 1.60. The topological polar surface area (TPSA) is 69.8 Å². The quantitative estimate of drug-likeness (QED) is 0.622. The first-order valence-corrected chi connectivity index (χ1v) is 4.88. The summed E-state index contributed by atoms with van der Waals surface area (Å²) in [7, 11) is 0. The van der Waals surface area contributed by atoms with E-state index in [1.54, 1.807) is 12.4 Å². The van der Waals surface area contributed by atoms with Crippen molar-refractivity contribution in [3.05, 3.63) is 12.4 Å². The van der Waals surface area contributed by atoms with Gasteiger partial charge < -0.3 is 10.6 Å². The zero-order valence-corrected chi connectivity index (χ0v) is 7.66. The molecule has 0 unspecified atom stereocenters. The molecule has 1 aliphatic heterocycles. The Kier molecular flexibility index (Phi) is 1.61. The predicted octanol–water partition coefficient (Wildman–Crippen LogP) is 0.0986. The maximum Gasteiger partial charge on any atom is 0.241 e. The molecule has 5 nitrogen and oxygen atoms in total. The lowest BCUT2D eigenvalue weighted by atomic mass is 10.1. The van der Waals surface area contributed by atoms with E-state index in [1.165, 1.54) is 6.42 Å². The Morgan fingerprint density at radius 1 is 1.57 bits per heavy atom. The number of carbonyl (C=O) groups is 1. The van der Waals surface area contributed by atoms with Gasteiger partial charge in [-0.1, -0.05) is 0 Å². The summed E-state index contributed by atoms with van der Waals surface area (Å²) >= 11 is 0. The number of hydrogen-bond acceptors (Lipinski definition) is 3. The monoisotopic (exact) mass is 192 g/mol. The van der Waals surface area contributed by atoms with E-state index >= 15 is 0 Å². The first kappa shape index (κ1) is 7.99. The van der Waals surface area contributed by atoms with Crippen LogP contribution in [-0.2, 0) is 4.79 Å². The van der Waals surface area contributed by atoms with Gasteiger partial charge in [0.25, 0.3) is 0 Å². The number of aromatic amines is 1. The molecule has 3 N–H and O–H groups in total. The summed E-state index contributed by atoms with van der Waals surface area (Å²) in [5, 5.41) is 12.5. The smallest absolute Gasteiger partial charge is 0.241 e. The van der Waals surface area contributed by atoms with E-state index in [-0.39, 0.29) is 11.9 Å². The summed E-state index contributed by atoms with van der Waals surface area (Å²) in [4.78, 5) is 11.7. The van der Waals surface area contributed by atoms with E-state index in [0.29, 0.717) is 6.04 Å². The van der Waals surface area contributed by atoms with Crippen molar-refractivity contribution in [3.8, 4) is 0 Å². The second-order valence-corrected chi connectivity index (χ2v) is 4.03. The molecule has 3 atom stereocenters. The minimum atomic E-state index is -0.00588. The summed E-state index contributed by atoms with van der Waals surface area (Å²) in [6.45, 7) is 0. The molecule has 0 bridgehead atoms. The summed E-state index contributed by atoms with van der Waals surface area (Å²) in [6, 6.07) is 0.601. The average molecular weight is 192 g/mol. The first-order chi connectivity index (χ1) is 6.83. The molecule has 74 valence electrons. The van der Waals surface area contributed by atoms with Gasteiger partial charge in [-0.2, -0.15) is 5.10 Å². The van der Waals surface area contributed by atoms with Gasteiger partial charge in [0, 0.05) is 12.2 Å². The van der Waals surface area contributed by atoms with E-state index in [0.717, 1.165) is 18.0 Å². The minimum absolute atomic E-state index is 0.00588. The molecule has 1 amide bonds. The van der Waals surface area contributed by atoms with Crippen LogP contribution in [0.3, 0.4) is 0 Å². The van der Waals surface area contributed by atoms with E-state index in [2.05, 4.69) is 20.8 Å². The predicted molar refractivity (Wildman–Crippen MR) is 50.7 cm³/mol. The molecule has 14 heavy (non-hydrogen) atoms. The number of nitrogens with zero attached hydrogens (tertiary/aromatic N) is 1. The fraction of sp³-hybridized carbons (Fsp3) is 0.556. The fourth-order valence-corrected chi connectivity index (χ4v) is 2.07. The van der Waals surface area contributed by atoms with Crippen molar-refractivity contribution in [2.24, 2.45) is 5.92 Å². The van der Waals surface area contributed by atoms with Crippen molar-refractivity contribution in [1.29, 1.82) is 0 Å². The van der Waals surface area contributed by atoms with E-state index in [9.17, 15) is 4.79 Å². The maximum atomic E-state index is 11.7. The Morgan fingerprint density at radius 2 is 2.50 bits per heavy atom. The molecule has 0 radical (unpaired) electrons. The lowest BCUT2D eigenvalue weighted by molar-refractivity contribution is -0.118. The largest absolute Gasteiger partial charge is 0.322 e. The molecular weight excluding hydrogens is 180 g/mol. The average Bonchev–Trinajstić information content (AvgIpc) is 2.68. The molecule has 2 aliphatic rings. The van der Waals surface area contributed by atoms with Crippen LogP contribution in [0.15, 0.2) is 12.4 Å². The van der Waals surface area contributed by atoms with Crippen molar-refractivity contribution in [2.75, 3.05) is 5.32 Å². The number of carbonyl (C=O) groups excluding carboxylic acids is 1. The number of hydrogen-bond donors (Lipinski definition) is 3. The molecule has 5 heteroatoms. The van der Waals surface area contributed by atoms with Crippen LogP contribution in [-0.4, -0.2) is 28.2 Å². The number of nitrogens with one attached hydrogen (secondary N) is 3. The lowest BCUT2D eigenvalue weighted by Crippen LogP contribution is -2.37. The Bertz CT molecular complexity index is 338. The lowest BCUT2D eigenvalue weighted by Gasteiger charge is -2.11. The van der Waals surface area contributed by atoms with E-state index in [1.807, 2.05) is 0 Å². The molecule has 2 heterocycles. The van der Waals surface area contributed by atoms with Gasteiger partial charge in [0.2, 0.25) is 5.91 Å². The van der Waals surface area contributed by atoms with Gasteiger partial charge in [-0.05, 0) is 18.8 Å². The van der Waals surface area contributed by atoms with Gasteiger partial charge >= 0.3 is 0 Å². The highest BCUT2D eigenvalue weighted by molar-refractivity contribution is 5.95. The number of aromatic nitrogens is 2. The number of piperidine rings is 1. The van der Waals surface area contributed by atoms with Crippen LogP contribution in [0, 0.1) is 5.92 Å². The van der Waals surface area contributed by atoms with Crippen molar-refractivity contribution < 1.29 is 4.79 Å². The highest BCUT2D eigenvalue weighted by atomic mass is 16.2. The van der Waals surface area contributed by atoms with Gasteiger partial charge in [0.05, 0.1) is 17.9 Å². The van der Waals surface area contributed by atoms with Crippen LogP contribution in [0.4, 0.5) is 5.69 Å². The third-order valence-electron chi connectivity index (χ3n) is 2.96. The molecule has 0 aromatic carbocycles. The number of anilines is 1. The van der Waals surface area contributed by atoms with Gasteiger partial charge in [0.15, 0.2) is 0 Å². The third-order valence-corrected chi connectivity index (χ3v) is 2.96. The number of amides is 1. The second-order valence-electron chi connectivity index (χ2n) is 4.03. The van der Waals surface area contributed by atoms with Gasteiger partial charge in [0.1, 0.15) is 0 Å². The standard InChI is InChI=1S/C9H12N4O/c14-9(12-6-3-10-11-4-6)8-2-5-1-7(5)13-8/h3-5,7-8,13H,1-2H2,(H,10,11)(H,12,14)/t5-,7-,8-/m0/s1. The zero-order valence-electron chi connectivity index (χ0n) is 7.66. The summed E-state index contributed by atoms with van der Waals surface area (Å²) in [5.74, 6) is 0.800. The molecule has 3 rings (SSSR count). The van der Waals surface area contributed by atoms with Crippen molar-refractivity contribution >= 4 is 11.6 Å². The van der Waals surface area contributed by atoms with Crippen LogP contribution in [0.25, 0.3) is 0 Å². The van der Waals surface area contributed by atoms with E-state index in [4.69, 9.17) is 0 Å². The van der Waals surface area contributed by atoms with Gasteiger partial charge in [-0.15, -0.1) is 0 Å². The fourth-order valence-electron chi connectivity index (χ4n) is 2.07. The SMILES string of the molecule is O=C(Nc1cn[nH]c1)[C@@H]1C[C@@H]2C[C@@H]2N1. The van der Waals surface area contributed by atoms with Crippen LogP contribution < -0.4 is 10.6 Å². The number of rotatable bonds is 2. The van der Waals surface area contributed by atoms with Crippen LogP contribution in [0.1, 0.15) is 12.8 Å². The third kappa shape index (κ3) is 1.29. The molecule has 1 saturated carbocycles. The Hall–Kier alpha value is -1.36. The first-order valence-electron chi connectivity index (χ1n) is 4.88. The molecule has 1 aromatic heterocycles. The summed E-state index contributed by atoms with van der Waals surface area (Å²) in [6.07, 6.45) is 5.50. The van der Waals surface area contributed by atoms with E-state index < -0.39 is 0 Å². The maximum absolute atomic E-state index is 11.7. The number of fused-ring (bicyclic) bond motifs is 1. The molecule has 2 fully saturated rings. The normalized spacial score (nSPS) is 33.9. The number of H-pyrrole nitrogens is 1. The molecule has 0 spiro atoms. The van der Waals surface area contributed by atoms with Crippen LogP contribution >= 0.6 is 0 Å². The molecule has 1 aliphatic carbocycles. The Morgan fingerprint density at radius 3 is 3.14 bits per heavy atom. The van der Waals surface area contributed by atoms with Crippen molar-refractivity contribution in [2.45, 2.75) is 24.9 Å². The van der Waals surface area contributed by atoms with Crippen LogP contribution in [0.5, 0.6) is 0 Å². The molecule has 1 aromatic rings. The van der Waals surface area contributed by atoms with Gasteiger partial charge in [-0.3, -0.25) is 9.89 Å². The van der Waals surface area contributed by atoms with Crippen molar-refractivity contribution in [1.82, 2.24) is 15.5 Å². The summed E-state index contributed by atoms with van der Waals surface area (Å²) < 4.78 is 0. The minimum Gasteiger partial charge on any atom is -0.322 e. The second kappa shape index (κ2) is 2.81. The Labute approximate surface area is 81.3 Å². The van der Waals surface area contributed by atoms with Crippen LogP contribution in [0.2, 0.25) is 0 Å². The molecular formula is C9H12N4O. The highest BCUT2D eigenvalue weighted by Crippen LogP contribution is 2.40. The summed E-state index contributed by atoms with van der Waals surface area (Å²) in [5.41, 5.74) is 0.734. The highest BCUT2D eigenvalue weighted by Gasteiger charge is 2.47. The molecule has 1 saturated heterocycles. The zero-order chi connectivity index (χ0) is 9.54. The van der Waals surface area contributed by atoms with Crippen molar-refractivity contribution in [3.63, 3.8) is 0 Å².